The highest BCUT2D eigenvalue weighted by molar-refractivity contribution is 5.96. The summed E-state index contributed by atoms with van der Waals surface area (Å²) in [5.41, 5.74) is 3.37. The van der Waals surface area contributed by atoms with Gasteiger partial charge in [0.25, 0.3) is 5.56 Å². The van der Waals surface area contributed by atoms with Crippen molar-refractivity contribution in [2.24, 2.45) is 4.99 Å². The average molecular weight is 534 g/mol. The molecule has 5 rings (SSSR count). The predicted molar refractivity (Wildman–Crippen MR) is 157 cm³/mol. The number of nitrogens with one attached hydrogen (secondary N) is 1. The van der Waals surface area contributed by atoms with Crippen LogP contribution in [0.1, 0.15) is 31.3 Å². The Morgan fingerprint density at radius 1 is 1.10 bits per heavy atom. The molecule has 10 heteroatoms. The molecule has 1 atom stereocenters. The van der Waals surface area contributed by atoms with E-state index in [-0.39, 0.29) is 11.6 Å². The van der Waals surface area contributed by atoms with Crippen LogP contribution in [0.5, 0.6) is 12.0 Å². The second-order valence-electron chi connectivity index (χ2n) is 8.90. The van der Waals surface area contributed by atoms with Gasteiger partial charge < -0.3 is 15.2 Å². The second-order valence-corrected chi connectivity index (χ2v) is 8.90. The number of allylic oxidation sites excluding steroid dienone is 1. The van der Waals surface area contributed by atoms with Crippen LogP contribution in [-0.4, -0.2) is 43.4 Å². The Kier molecular flexibility index (Phi) is 7.32. The van der Waals surface area contributed by atoms with Gasteiger partial charge in [-0.3, -0.25) is 14.4 Å². The molecule has 0 bridgehead atoms. The van der Waals surface area contributed by atoms with Gasteiger partial charge in [-0.05, 0) is 55.8 Å². The summed E-state index contributed by atoms with van der Waals surface area (Å²) in [6.07, 6.45) is 6.77. The highest BCUT2D eigenvalue weighted by Crippen LogP contribution is 2.33. The lowest BCUT2D eigenvalue weighted by atomic mass is 9.99. The van der Waals surface area contributed by atoms with Crippen molar-refractivity contribution >= 4 is 35.1 Å². The largest absolute Gasteiger partial charge is 0.479 e. The molecule has 0 radical (unpaired) electrons. The van der Waals surface area contributed by atoms with Crippen molar-refractivity contribution in [2.75, 3.05) is 12.4 Å². The third-order valence-corrected chi connectivity index (χ3v) is 6.39. The van der Waals surface area contributed by atoms with Gasteiger partial charge in [-0.15, -0.1) is 0 Å². The first-order valence-corrected chi connectivity index (χ1v) is 12.5. The van der Waals surface area contributed by atoms with Crippen molar-refractivity contribution in [2.45, 2.75) is 19.9 Å². The van der Waals surface area contributed by atoms with E-state index in [4.69, 9.17) is 4.74 Å². The van der Waals surface area contributed by atoms with Crippen molar-refractivity contribution in [3.05, 3.63) is 94.8 Å². The molecule has 3 aromatic heterocycles. The molecule has 2 N–H and O–H groups in total. The Hall–Kier alpha value is -5.38. The Labute approximate surface area is 230 Å². The molecule has 0 saturated carbocycles. The maximum atomic E-state index is 14.3. The number of aromatic nitrogens is 5. The van der Waals surface area contributed by atoms with Gasteiger partial charge in [0.15, 0.2) is 5.82 Å². The van der Waals surface area contributed by atoms with E-state index in [1.54, 1.807) is 29.1 Å². The van der Waals surface area contributed by atoms with Gasteiger partial charge in [-0.25, -0.2) is 9.97 Å². The van der Waals surface area contributed by atoms with E-state index in [1.807, 2.05) is 68.4 Å². The highest BCUT2D eigenvalue weighted by Gasteiger charge is 2.21. The molecule has 0 spiro atoms. The Balaban J connectivity index is 1.72. The maximum absolute atomic E-state index is 14.3. The van der Waals surface area contributed by atoms with Crippen LogP contribution in [0.2, 0.25) is 0 Å². The van der Waals surface area contributed by atoms with Crippen molar-refractivity contribution in [3.63, 3.8) is 0 Å². The number of ether oxygens (including phenoxy) is 1. The smallest absolute Gasteiger partial charge is 0.316 e. The Morgan fingerprint density at radius 2 is 1.85 bits per heavy atom. The van der Waals surface area contributed by atoms with E-state index in [0.717, 1.165) is 5.39 Å². The van der Waals surface area contributed by atoms with E-state index in [2.05, 4.69) is 37.0 Å². The standard InChI is InChI=1S/C30H27N7O3/c1-5-10-23-26(31-3)27(36-29(39)35-23)34-18(2)24-15-19-11-9-14-22(20-16-32-30(40-4)33-17-20)25(19)28(38)37(24)21-12-7-6-8-13-21/h5-18H,3H2,1-2,4H3,(H2,34,35,36,39)/b10-5-/t18-/m0/s1. The van der Waals surface area contributed by atoms with Gasteiger partial charge in [0.2, 0.25) is 0 Å². The summed E-state index contributed by atoms with van der Waals surface area (Å²) in [4.78, 5) is 35.1. The van der Waals surface area contributed by atoms with Crippen LogP contribution < -0.4 is 15.6 Å². The van der Waals surface area contributed by atoms with Crippen molar-refractivity contribution in [1.29, 1.82) is 0 Å². The fourth-order valence-corrected chi connectivity index (χ4v) is 4.61. The molecule has 0 fully saturated rings. The lowest BCUT2D eigenvalue weighted by Gasteiger charge is -2.22. The summed E-state index contributed by atoms with van der Waals surface area (Å²) in [7, 11) is 1.50. The quantitative estimate of drug-likeness (QED) is 0.251. The summed E-state index contributed by atoms with van der Waals surface area (Å²) in [5, 5.41) is 14.8. The van der Waals surface area contributed by atoms with Gasteiger partial charge in [-0.1, -0.05) is 42.5 Å². The first-order chi connectivity index (χ1) is 19.4. The molecular formula is C30H27N7O3. The summed E-state index contributed by atoms with van der Waals surface area (Å²) in [6, 6.07) is 16.4. The van der Waals surface area contributed by atoms with E-state index >= 15 is 0 Å². The van der Waals surface area contributed by atoms with Crippen LogP contribution in [0.15, 0.2) is 82.9 Å². The molecule has 0 aliphatic carbocycles. The van der Waals surface area contributed by atoms with Gasteiger partial charge >= 0.3 is 12.0 Å². The monoisotopic (exact) mass is 533 g/mol. The molecule has 5 aromatic rings. The number of benzene rings is 2. The summed E-state index contributed by atoms with van der Waals surface area (Å²) < 4.78 is 6.76. The van der Waals surface area contributed by atoms with E-state index < -0.39 is 12.1 Å². The first kappa shape index (κ1) is 26.2. The summed E-state index contributed by atoms with van der Waals surface area (Å²) in [6.45, 7) is 7.40. The van der Waals surface area contributed by atoms with E-state index in [0.29, 0.717) is 45.1 Å². The van der Waals surface area contributed by atoms with Crippen LogP contribution in [0.3, 0.4) is 0 Å². The predicted octanol–water partition coefficient (Wildman–Crippen LogP) is 5.49. The molecule has 0 aliphatic rings. The molecule has 0 aliphatic heterocycles. The summed E-state index contributed by atoms with van der Waals surface area (Å²) in [5.74, 6) is 0.291. The maximum Gasteiger partial charge on any atom is 0.316 e. The van der Waals surface area contributed by atoms with Crippen LogP contribution in [0.4, 0.5) is 11.5 Å². The van der Waals surface area contributed by atoms with Crippen LogP contribution >= 0.6 is 0 Å². The topological polar surface area (TPSA) is 127 Å². The molecule has 0 amide bonds. The number of hydrogen-bond donors (Lipinski definition) is 2. The first-order valence-electron chi connectivity index (χ1n) is 12.5. The van der Waals surface area contributed by atoms with Crippen molar-refractivity contribution in [1.82, 2.24) is 24.5 Å². The fourth-order valence-electron chi connectivity index (χ4n) is 4.61. The third kappa shape index (κ3) is 4.90. The minimum absolute atomic E-state index is 0.207. The zero-order chi connectivity index (χ0) is 28.2. The minimum Gasteiger partial charge on any atom is -0.479 e. The number of pyridine rings is 1. The van der Waals surface area contributed by atoms with E-state index in [1.165, 1.54) is 7.11 Å². The van der Waals surface area contributed by atoms with Crippen LogP contribution in [-0.2, 0) is 0 Å². The van der Waals surface area contributed by atoms with Crippen LogP contribution in [0.25, 0.3) is 33.7 Å². The number of hydrogen-bond acceptors (Lipinski definition) is 9. The fraction of sp³-hybridized carbons (Fsp3) is 0.133. The van der Waals surface area contributed by atoms with Crippen molar-refractivity contribution in [3.8, 4) is 28.8 Å². The van der Waals surface area contributed by atoms with Gasteiger partial charge in [0, 0.05) is 29.3 Å². The van der Waals surface area contributed by atoms with Gasteiger partial charge in [0.1, 0.15) is 5.69 Å². The lowest BCUT2D eigenvalue weighted by molar-refractivity contribution is 0.380. The van der Waals surface area contributed by atoms with Crippen molar-refractivity contribution < 1.29 is 9.84 Å². The zero-order valence-electron chi connectivity index (χ0n) is 22.2. The normalized spacial score (nSPS) is 12.0. The Bertz CT molecular complexity index is 1780. The van der Waals surface area contributed by atoms with E-state index in [9.17, 15) is 9.90 Å². The second kappa shape index (κ2) is 11.2. The SMILES string of the molecule is C=Nc1c(/C=C\C)nc(O)nc1N[C@@H](C)c1cc2cccc(-c3cnc(OC)nc3)c2c(=O)n1-c1ccccc1. The third-order valence-electron chi connectivity index (χ3n) is 6.39. The molecule has 3 heterocycles. The number of rotatable bonds is 8. The molecule has 40 heavy (non-hydrogen) atoms. The number of nitrogens with zero attached hydrogens (tertiary/aromatic N) is 6. The average Bonchev–Trinajstić information content (AvgIpc) is 2.97. The number of methoxy groups -OCH3 is 1. The molecule has 10 nitrogen and oxygen atoms in total. The highest BCUT2D eigenvalue weighted by atomic mass is 16.5. The number of aromatic hydroxyl groups is 1. The molecule has 0 saturated heterocycles. The Morgan fingerprint density at radius 3 is 2.52 bits per heavy atom. The number of para-hydroxylation sites is 1. The van der Waals surface area contributed by atoms with Crippen LogP contribution in [0, 0.1) is 0 Å². The zero-order valence-corrected chi connectivity index (χ0v) is 22.2. The molecule has 0 unspecified atom stereocenters. The molecular weight excluding hydrogens is 506 g/mol. The lowest BCUT2D eigenvalue weighted by Crippen LogP contribution is -2.26. The summed E-state index contributed by atoms with van der Waals surface area (Å²) >= 11 is 0. The number of aliphatic imine (C=N–C) groups is 1. The number of fused-ring (bicyclic) bond motifs is 1. The number of anilines is 1. The van der Waals surface area contributed by atoms with Gasteiger partial charge in [-0.2, -0.15) is 9.97 Å². The molecule has 2 aromatic carbocycles. The minimum atomic E-state index is -0.446. The molecule has 200 valence electrons. The van der Waals surface area contributed by atoms with Gasteiger partial charge in [0.05, 0.1) is 24.2 Å².